The number of ether oxygens (including phenoxy) is 1. The summed E-state index contributed by atoms with van der Waals surface area (Å²) in [7, 11) is -22.9. The molecule has 0 aliphatic heterocycles. The standard InChI is InChI=1S/C31H30N8O21S5/c1-58-25-7-4-17(61(45,46)10-8-59-64(52,53)54)13-23(25)37-35-20-5-2-16(12-22(20)33-31(32)44)34-39-28-24(40)15-19(30(42)43)27(29(28)41)38-36-21-6-3-18(14-26(21)63(49,50)51)62(47,48)11-9-60-65(55,56)57/h2-7,12-15,40-41H,8-11H2,1H3,(H,42,43)(H3,32,33,44)(H,49,50,51)(H,52,53,54)(H,55,56,57). The molecule has 0 saturated carbocycles. The monoisotopic (exact) mass is 1010 g/mol. The maximum atomic E-state index is 12.8. The summed E-state index contributed by atoms with van der Waals surface area (Å²) < 4.78 is 159. The maximum absolute atomic E-state index is 12.8. The number of carboxylic acid groups (broad SMARTS) is 1. The quantitative estimate of drug-likeness (QED) is 0.0458. The number of carbonyl (C=O) groups excluding carboxylic acids is 1. The molecule has 0 atom stereocenters. The molecule has 9 N–H and O–H groups in total. The van der Waals surface area contributed by atoms with E-state index in [0.717, 1.165) is 24.3 Å². The number of nitrogens with two attached hydrogens (primary N) is 1. The molecule has 0 aliphatic carbocycles. The highest BCUT2D eigenvalue weighted by Crippen LogP contribution is 2.47. The maximum Gasteiger partial charge on any atom is 0.397 e. The van der Waals surface area contributed by atoms with Gasteiger partial charge in [0.1, 0.15) is 39.1 Å². The van der Waals surface area contributed by atoms with Crippen LogP contribution in [0.3, 0.4) is 0 Å². The lowest BCUT2D eigenvalue weighted by Crippen LogP contribution is -2.19. The summed E-state index contributed by atoms with van der Waals surface area (Å²) in [5, 5.41) is 56.1. The van der Waals surface area contributed by atoms with Crippen molar-refractivity contribution >= 4 is 102 Å². The Kier molecular flexibility index (Phi) is 15.7. The molecule has 65 heavy (non-hydrogen) atoms. The topological polar surface area (TPSA) is 466 Å². The molecule has 0 spiro atoms. The number of azo groups is 3. The third-order valence-electron chi connectivity index (χ3n) is 7.73. The third kappa shape index (κ3) is 14.2. The first-order chi connectivity index (χ1) is 30.0. The number of phenols is 2. The lowest BCUT2D eigenvalue weighted by Gasteiger charge is -2.10. The van der Waals surface area contributed by atoms with Crippen molar-refractivity contribution in [3.63, 3.8) is 0 Å². The molecule has 350 valence electrons. The zero-order chi connectivity index (χ0) is 48.7. The van der Waals surface area contributed by atoms with E-state index in [2.05, 4.69) is 44.4 Å². The van der Waals surface area contributed by atoms with Gasteiger partial charge in [-0.15, -0.1) is 25.6 Å². The number of phenolic OH excluding ortho intramolecular Hbond substituents is 2. The second kappa shape index (κ2) is 20.0. The zero-order valence-corrected chi connectivity index (χ0v) is 36.3. The molecule has 2 amide bonds. The summed E-state index contributed by atoms with van der Waals surface area (Å²) in [4.78, 5) is 21.5. The average Bonchev–Trinajstić information content (AvgIpc) is 3.18. The molecule has 0 radical (unpaired) electrons. The zero-order valence-electron chi connectivity index (χ0n) is 32.2. The number of carboxylic acids is 1. The predicted octanol–water partition coefficient (Wildman–Crippen LogP) is 3.97. The lowest BCUT2D eigenvalue weighted by atomic mass is 10.1. The highest BCUT2D eigenvalue weighted by Gasteiger charge is 2.26. The van der Waals surface area contributed by atoms with Crippen LogP contribution in [-0.2, 0) is 59.0 Å². The van der Waals surface area contributed by atoms with Crippen LogP contribution in [0, 0.1) is 0 Å². The van der Waals surface area contributed by atoms with E-state index in [1.165, 1.54) is 25.3 Å². The Morgan fingerprint density at radius 2 is 1.17 bits per heavy atom. The minimum Gasteiger partial charge on any atom is -0.505 e. The molecule has 0 unspecified atom stereocenters. The molecule has 0 aliphatic rings. The van der Waals surface area contributed by atoms with Gasteiger partial charge in [-0.1, -0.05) is 0 Å². The van der Waals surface area contributed by atoms with Crippen molar-refractivity contribution in [1.82, 2.24) is 0 Å². The van der Waals surface area contributed by atoms with Crippen molar-refractivity contribution in [2.45, 2.75) is 14.7 Å². The van der Waals surface area contributed by atoms with Gasteiger partial charge >= 0.3 is 32.8 Å². The summed E-state index contributed by atoms with van der Waals surface area (Å²) in [5.41, 5.74) is 0.890. The van der Waals surface area contributed by atoms with E-state index >= 15 is 0 Å². The van der Waals surface area contributed by atoms with Gasteiger partial charge in [-0.25, -0.2) is 34.8 Å². The van der Waals surface area contributed by atoms with Crippen LogP contribution in [0.5, 0.6) is 17.2 Å². The molecule has 29 nitrogen and oxygen atoms in total. The smallest absolute Gasteiger partial charge is 0.397 e. The number of primary amides is 1. The first kappa shape index (κ1) is 51.0. The van der Waals surface area contributed by atoms with Gasteiger partial charge in [0.15, 0.2) is 31.1 Å². The van der Waals surface area contributed by atoms with Crippen molar-refractivity contribution in [2.75, 3.05) is 37.1 Å². The normalized spacial score (nSPS) is 12.9. The van der Waals surface area contributed by atoms with Crippen LogP contribution in [0.2, 0.25) is 0 Å². The highest BCUT2D eigenvalue weighted by molar-refractivity contribution is 7.92. The number of hydrogen-bond acceptors (Lipinski definition) is 23. The molecule has 0 aromatic heterocycles. The molecule has 0 heterocycles. The molecule has 0 bridgehead atoms. The summed E-state index contributed by atoms with van der Waals surface area (Å²) in [6.07, 6.45) is 0. The van der Waals surface area contributed by atoms with Crippen molar-refractivity contribution in [1.29, 1.82) is 0 Å². The molecule has 0 fully saturated rings. The fourth-order valence-corrected chi connectivity index (χ4v) is 8.61. The van der Waals surface area contributed by atoms with Gasteiger partial charge < -0.3 is 31.1 Å². The molecule has 4 rings (SSSR count). The second-order valence-electron chi connectivity index (χ2n) is 12.2. The number of nitrogens with one attached hydrogen (secondary N) is 1. The first-order valence-corrected chi connectivity index (χ1v) is 24.3. The Hall–Kier alpha value is -6.63. The molecule has 0 saturated heterocycles. The van der Waals surface area contributed by atoms with Crippen molar-refractivity contribution in [3.05, 3.63) is 66.2 Å². The number of aromatic carboxylic acids is 1. The lowest BCUT2D eigenvalue weighted by molar-refractivity contribution is 0.0696. The summed E-state index contributed by atoms with van der Waals surface area (Å²) >= 11 is 0. The van der Waals surface area contributed by atoms with Crippen LogP contribution in [0.4, 0.5) is 44.6 Å². The summed E-state index contributed by atoms with van der Waals surface area (Å²) in [6.45, 7) is -2.02. The van der Waals surface area contributed by atoms with Crippen molar-refractivity contribution < 1.29 is 93.8 Å². The number of aromatic hydroxyl groups is 2. The number of nitrogens with zero attached hydrogens (tertiary/aromatic N) is 6. The number of carbonyl (C=O) groups is 2. The number of amides is 2. The Morgan fingerprint density at radius 3 is 1.71 bits per heavy atom. The Labute approximate surface area is 366 Å². The minimum atomic E-state index is -5.34. The number of urea groups is 1. The van der Waals surface area contributed by atoms with Crippen molar-refractivity contribution in [3.8, 4) is 17.2 Å². The van der Waals surface area contributed by atoms with Crippen LogP contribution in [0.25, 0.3) is 0 Å². The van der Waals surface area contributed by atoms with Gasteiger partial charge in [0.05, 0.1) is 58.6 Å². The van der Waals surface area contributed by atoms with E-state index in [4.69, 9.17) is 19.6 Å². The minimum absolute atomic E-state index is 0.00351. The van der Waals surface area contributed by atoms with E-state index in [1.54, 1.807) is 0 Å². The van der Waals surface area contributed by atoms with Crippen LogP contribution in [0.1, 0.15) is 10.4 Å². The van der Waals surface area contributed by atoms with Gasteiger partial charge in [-0.05, 0) is 60.7 Å². The van der Waals surface area contributed by atoms with E-state index in [-0.39, 0.29) is 33.4 Å². The number of hydrogen-bond donors (Lipinski definition) is 8. The second-order valence-corrected chi connectivity index (χ2v) is 20.0. The molecule has 4 aromatic rings. The third-order valence-corrected chi connectivity index (χ3v) is 12.9. The Morgan fingerprint density at radius 1 is 0.646 bits per heavy atom. The van der Waals surface area contributed by atoms with E-state index in [0.29, 0.717) is 18.2 Å². The molecular weight excluding hydrogens is 981 g/mol. The largest absolute Gasteiger partial charge is 0.505 e. The fourth-order valence-electron chi connectivity index (χ4n) is 4.88. The number of anilines is 1. The highest BCUT2D eigenvalue weighted by atomic mass is 32.3. The van der Waals surface area contributed by atoms with Gasteiger partial charge in [0, 0.05) is 0 Å². The summed E-state index contributed by atoms with van der Waals surface area (Å²) in [6, 6.07) is 7.93. The van der Waals surface area contributed by atoms with Crippen molar-refractivity contribution in [2.24, 2.45) is 36.4 Å². The van der Waals surface area contributed by atoms with Crippen LogP contribution in [0.15, 0.2) is 106 Å². The van der Waals surface area contributed by atoms with Gasteiger partial charge in [-0.2, -0.15) is 30.4 Å². The predicted molar refractivity (Wildman–Crippen MR) is 217 cm³/mol. The van der Waals surface area contributed by atoms with E-state index in [9.17, 15) is 71.6 Å². The van der Waals surface area contributed by atoms with Gasteiger partial charge in [-0.3, -0.25) is 13.7 Å². The van der Waals surface area contributed by atoms with Crippen LogP contribution < -0.4 is 15.8 Å². The summed E-state index contributed by atoms with van der Waals surface area (Å²) in [5.74, 6) is -6.07. The molecular formula is C31H30N8O21S5. The number of methoxy groups -OCH3 is 1. The number of sulfone groups is 2. The first-order valence-electron chi connectivity index (χ1n) is 16.8. The Bertz CT molecular complexity index is 3220. The SMILES string of the molecule is COc1ccc(S(=O)(=O)CCOS(=O)(=O)O)cc1N=Nc1ccc(N=Nc2c(O)cc(C(=O)O)c(N=Nc3ccc(S(=O)(=O)CCOS(=O)(=O)O)cc3S(=O)(=O)O)c2O)cc1NC(N)=O. The number of rotatable bonds is 20. The average molecular weight is 1010 g/mol. The Balaban J connectivity index is 1.71. The van der Waals surface area contributed by atoms with Crippen LogP contribution in [-0.4, -0.2) is 115 Å². The molecule has 4 aromatic carbocycles. The van der Waals surface area contributed by atoms with Gasteiger partial charge in [0.25, 0.3) is 10.1 Å². The molecule has 34 heteroatoms. The van der Waals surface area contributed by atoms with Gasteiger partial charge in [0.2, 0.25) is 0 Å². The van der Waals surface area contributed by atoms with Crippen LogP contribution >= 0.6 is 0 Å². The number of benzene rings is 4. The van der Waals surface area contributed by atoms with E-state index < -0.39 is 131 Å². The fraction of sp³-hybridized carbons (Fsp3) is 0.161. The van der Waals surface area contributed by atoms with E-state index in [1.807, 2.05) is 0 Å².